The SMILES string of the molecule is CCC1CN(c2nnc(CNC(C)C)o2)CCO1. The normalized spacial score (nSPS) is 20.7. The smallest absolute Gasteiger partial charge is 0.318 e. The molecule has 1 aromatic rings. The summed E-state index contributed by atoms with van der Waals surface area (Å²) < 4.78 is 11.3. The molecule has 0 bridgehead atoms. The Morgan fingerprint density at radius 3 is 3.00 bits per heavy atom. The van der Waals surface area contributed by atoms with E-state index in [4.69, 9.17) is 9.15 Å². The van der Waals surface area contributed by atoms with Crippen LogP contribution >= 0.6 is 0 Å². The van der Waals surface area contributed by atoms with Gasteiger partial charge in [-0.05, 0) is 6.42 Å². The van der Waals surface area contributed by atoms with Gasteiger partial charge in [-0.1, -0.05) is 25.9 Å². The van der Waals surface area contributed by atoms with Crippen molar-refractivity contribution >= 4 is 6.01 Å². The number of morpholine rings is 1. The zero-order valence-corrected chi connectivity index (χ0v) is 11.3. The average Bonchev–Trinajstić information content (AvgIpc) is 2.85. The lowest BCUT2D eigenvalue weighted by atomic mass is 10.2. The molecule has 0 aliphatic carbocycles. The first-order valence-electron chi connectivity index (χ1n) is 6.61. The summed E-state index contributed by atoms with van der Waals surface area (Å²) in [5, 5.41) is 11.4. The Morgan fingerprint density at radius 1 is 1.44 bits per heavy atom. The van der Waals surface area contributed by atoms with Crippen LogP contribution in [0.2, 0.25) is 0 Å². The van der Waals surface area contributed by atoms with Gasteiger partial charge in [-0.25, -0.2) is 0 Å². The van der Waals surface area contributed by atoms with Crippen molar-refractivity contribution in [3.8, 4) is 0 Å². The minimum Gasteiger partial charge on any atom is -0.407 e. The van der Waals surface area contributed by atoms with Crippen molar-refractivity contribution in [2.75, 3.05) is 24.6 Å². The predicted octanol–water partition coefficient (Wildman–Crippen LogP) is 1.18. The number of rotatable bonds is 5. The molecule has 2 rings (SSSR count). The highest BCUT2D eigenvalue weighted by Crippen LogP contribution is 2.17. The van der Waals surface area contributed by atoms with Crippen LogP contribution < -0.4 is 10.2 Å². The first-order valence-corrected chi connectivity index (χ1v) is 6.61. The van der Waals surface area contributed by atoms with Crippen molar-refractivity contribution in [1.82, 2.24) is 15.5 Å². The maximum absolute atomic E-state index is 5.65. The minimum atomic E-state index is 0.267. The molecule has 0 amide bonds. The maximum Gasteiger partial charge on any atom is 0.318 e. The minimum absolute atomic E-state index is 0.267. The molecule has 1 unspecified atom stereocenters. The molecule has 1 atom stereocenters. The van der Waals surface area contributed by atoms with Gasteiger partial charge in [0.2, 0.25) is 5.89 Å². The standard InChI is InChI=1S/C12H22N4O2/c1-4-10-8-16(5-6-17-10)12-15-14-11(18-12)7-13-9(2)3/h9-10,13H,4-8H2,1-3H3. The van der Waals surface area contributed by atoms with Crippen molar-refractivity contribution in [3.05, 3.63) is 5.89 Å². The van der Waals surface area contributed by atoms with Crippen molar-refractivity contribution < 1.29 is 9.15 Å². The Labute approximate surface area is 108 Å². The Hall–Kier alpha value is -1.14. The zero-order chi connectivity index (χ0) is 13.0. The van der Waals surface area contributed by atoms with E-state index in [1.54, 1.807) is 0 Å². The van der Waals surface area contributed by atoms with Crippen LogP contribution in [0.5, 0.6) is 0 Å². The highest BCUT2D eigenvalue weighted by Gasteiger charge is 2.23. The third-order valence-electron chi connectivity index (χ3n) is 2.98. The lowest BCUT2D eigenvalue weighted by Gasteiger charge is -2.30. The molecule has 1 N–H and O–H groups in total. The molecular weight excluding hydrogens is 232 g/mol. The Balaban J connectivity index is 1.92. The van der Waals surface area contributed by atoms with E-state index in [0.29, 0.717) is 24.5 Å². The average molecular weight is 254 g/mol. The van der Waals surface area contributed by atoms with E-state index in [1.807, 2.05) is 0 Å². The van der Waals surface area contributed by atoms with Crippen LogP contribution in [0.4, 0.5) is 6.01 Å². The van der Waals surface area contributed by atoms with Gasteiger partial charge in [0, 0.05) is 19.1 Å². The lowest BCUT2D eigenvalue weighted by Crippen LogP contribution is -2.42. The van der Waals surface area contributed by atoms with Crippen LogP contribution in [0.3, 0.4) is 0 Å². The van der Waals surface area contributed by atoms with Gasteiger partial charge in [-0.3, -0.25) is 0 Å². The summed E-state index contributed by atoms with van der Waals surface area (Å²) in [6, 6.07) is 1.02. The molecular formula is C12H22N4O2. The Kier molecular flexibility index (Phi) is 4.54. The molecule has 0 aromatic carbocycles. The Bertz CT molecular complexity index is 367. The fraction of sp³-hybridized carbons (Fsp3) is 0.833. The molecule has 6 nitrogen and oxygen atoms in total. The van der Waals surface area contributed by atoms with Crippen molar-refractivity contribution in [2.24, 2.45) is 0 Å². The molecule has 1 saturated heterocycles. The summed E-state index contributed by atoms with van der Waals surface area (Å²) in [7, 11) is 0. The first-order chi connectivity index (χ1) is 8.69. The van der Waals surface area contributed by atoms with Crippen LogP contribution in [0.25, 0.3) is 0 Å². The third-order valence-corrected chi connectivity index (χ3v) is 2.98. The number of nitrogens with zero attached hydrogens (tertiary/aromatic N) is 3. The summed E-state index contributed by atoms with van der Waals surface area (Å²) in [5.74, 6) is 0.637. The number of hydrogen-bond acceptors (Lipinski definition) is 6. The van der Waals surface area contributed by atoms with Gasteiger partial charge in [-0.2, -0.15) is 0 Å². The van der Waals surface area contributed by atoms with Crippen LogP contribution in [0.15, 0.2) is 4.42 Å². The van der Waals surface area contributed by atoms with E-state index in [1.165, 1.54) is 0 Å². The van der Waals surface area contributed by atoms with E-state index in [2.05, 4.69) is 41.2 Å². The molecule has 1 aromatic heterocycles. The highest BCUT2D eigenvalue weighted by molar-refractivity contribution is 5.25. The zero-order valence-electron chi connectivity index (χ0n) is 11.3. The van der Waals surface area contributed by atoms with E-state index in [9.17, 15) is 0 Å². The largest absolute Gasteiger partial charge is 0.407 e. The van der Waals surface area contributed by atoms with Crippen molar-refractivity contribution in [2.45, 2.75) is 45.9 Å². The van der Waals surface area contributed by atoms with Crippen molar-refractivity contribution in [3.63, 3.8) is 0 Å². The van der Waals surface area contributed by atoms with Gasteiger partial charge in [0.05, 0.1) is 19.3 Å². The number of aromatic nitrogens is 2. The first kappa shape index (κ1) is 13.3. The molecule has 2 heterocycles. The lowest BCUT2D eigenvalue weighted by molar-refractivity contribution is 0.0366. The summed E-state index contributed by atoms with van der Waals surface area (Å²) in [4.78, 5) is 2.10. The van der Waals surface area contributed by atoms with Gasteiger partial charge in [0.25, 0.3) is 0 Å². The number of ether oxygens (including phenoxy) is 1. The topological polar surface area (TPSA) is 63.4 Å². The quantitative estimate of drug-likeness (QED) is 0.851. The van der Waals surface area contributed by atoms with E-state index < -0.39 is 0 Å². The Morgan fingerprint density at radius 2 is 2.28 bits per heavy atom. The van der Waals surface area contributed by atoms with Crippen LogP contribution in [-0.4, -0.2) is 42.0 Å². The van der Waals surface area contributed by atoms with Gasteiger partial charge in [-0.15, -0.1) is 5.10 Å². The molecule has 0 spiro atoms. The molecule has 6 heteroatoms. The van der Waals surface area contributed by atoms with Crippen molar-refractivity contribution in [1.29, 1.82) is 0 Å². The predicted molar refractivity (Wildman–Crippen MR) is 68.5 cm³/mol. The molecule has 0 saturated carbocycles. The highest BCUT2D eigenvalue weighted by atomic mass is 16.5. The molecule has 1 aliphatic heterocycles. The fourth-order valence-corrected chi connectivity index (χ4v) is 1.88. The summed E-state index contributed by atoms with van der Waals surface area (Å²) >= 11 is 0. The molecule has 1 fully saturated rings. The van der Waals surface area contributed by atoms with E-state index >= 15 is 0 Å². The molecule has 1 aliphatic rings. The van der Waals surface area contributed by atoms with Gasteiger partial charge in [0.15, 0.2) is 0 Å². The number of nitrogens with one attached hydrogen (secondary N) is 1. The summed E-state index contributed by atoms with van der Waals surface area (Å²) in [5.41, 5.74) is 0. The number of hydrogen-bond donors (Lipinski definition) is 1. The second kappa shape index (κ2) is 6.15. The monoisotopic (exact) mass is 254 g/mol. The second-order valence-corrected chi connectivity index (χ2v) is 4.86. The van der Waals surface area contributed by atoms with Gasteiger partial charge in [0.1, 0.15) is 0 Å². The van der Waals surface area contributed by atoms with E-state index in [-0.39, 0.29) is 6.10 Å². The summed E-state index contributed by atoms with van der Waals surface area (Å²) in [6.07, 6.45) is 1.27. The van der Waals surface area contributed by atoms with Gasteiger partial charge < -0.3 is 19.4 Å². The number of anilines is 1. The van der Waals surface area contributed by atoms with Gasteiger partial charge >= 0.3 is 6.01 Å². The van der Waals surface area contributed by atoms with Crippen LogP contribution in [-0.2, 0) is 11.3 Å². The molecule has 18 heavy (non-hydrogen) atoms. The fourth-order valence-electron chi connectivity index (χ4n) is 1.88. The molecule has 102 valence electrons. The molecule has 0 radical (unpaired) electrons. The second-order valence-electron chi connectivity index (χ2n) is 4.86. The van der Waals surface area contributed by atoms with Crippen LogP contribution in [0.1, 0.15) is 33.1 Å². The third kappa shape index (κ3) is 3.43. The summed E-state index contributed by atoms with van der Waals surface area (Å²) in [6.45, 7) is 9.29. The van der Waals surface area contributed by atoms with Crippen LogP contribution in [0, 0.1) is 0 Å². The van der Waals surface area contributed by atoms with E-state index in [0.717, 1.165) is 26.1 Å². The maximum atomic E-state index is 5.65.